The highest BCUT2D eigenvalue weighted by Gasteiger charge is 2.70. The van der Waals surface area contributed by atoms with Crippen LogP contribution in [0.5, 0.6) is 0 Å². The molecule has 2 aliphatic rings. The smallest absolute Gasteiger partial charge is 0.274 e. The van der Waals surface area contributed by atoms with E-state index in [0.717, 1.165) is 23.1 Å². The first-order chi connectivity index (χ1) is 17.0. The van der Waals surface area contributed by atoms with Gasteiger partial charge in [0, 0.05) is 34.5 Å². The summed E-state index contributed by atoms with van der Waals surface area (Å²) in [5, 5.41) is 11.9. The zero-order valence-electron chi connectivity index (χ0n) is 18.0. The number of carbonyl (C=O) groups is 2. The maximum atomic E-state index is 14.1. The van der Waals surface area contributed by atoms with E-state index in [1.54, 1.807) is 24.3 Å². The third kappa shape index (κ3) is 3.28. The summed E-state index contributed by atoms with van der Waals surface area (Å²) in [4.78, 5) is 36.7. The fraction of sp³-hybridized carbons (Fsp3) is 0.130. The third-order valence-corrected chi connectivity index (χ3v) is 8.48. The van der Waals surface area contributed by atoms with E-state index in [1.807, 2.05) is 0 Å². The van der Waals surface area contributed by atoms with Crippen LogP contribution < -0.4 is 9.80 Å². The van der Waals surface area contributed by atoms with E-state index in [2.05, 4.69) is 0 Å². The number of rotatable bonds is 4. The summed E-state index contributed by atoms with van der Waals surface area (Å²) < 4.78 is 54.9. The van der Waals surface area contributed by atoms with Crippen molar-refractivity contribution in [2.24, 2.45) is 0 Å². The van der Waals surface area contributed by atoms with Crippen LogP contribution in [0, 0.1) is 21.7 Å². The lowest BCUT2D eigenvalue weighted by molar-refractivity contribution is -0.384. The molecule has 1 spiro atoms. The van der Waals surface area contributed by atoms with E-state index >= 15 is 0 Å². The Bertz CT molecular complexity index is 1580. The van der Waals surface area contributed by atoms with Crippen molar-refractivity contribution < 1.29 is 31.7 Å². The zero-order valence-corrected chi connectivity index (χ0v) is 19.6. The maximum Gasteiger partial charge on any atom is 0.274 e. The Morgan fingerprint density at radius 3 is 2.33 bits per heavy atom. The van der Waals surface area contributed by atoms with Crippen molar-refractivity contribution >= 4 is 50.3 Å². The van der Waals surface area contributed by atoms with Crippen LogP contribution in [0.25, 0.3) is 0 Å². The molecule has 0 N–H and O–H groups in total. The van der Waals surface area contributed by atoms with Gasteiger partial charge in [0.1, 0.15) is 5.75 Å². The summed E-state index contributed by atoms with van der Waals surface area (Å²) in [5.74, 6) is -5.89. The normalized spacial score (nSPS) is 20.3. The minimum atomic E-state index is -4.67. The molecule has 2 amide bonds. The molecular weight excluding hydrogens is 520 g/mol. The number of nitrogens with zero attached hydrogens (tertiary/aromatic N) is 3. The molecule has 0 bridgehead atoms. The molecule has 1 unspecified atom stereocenters. The number of nitro benzene ring substituents is 1. The number of hydrogen-bond acceptors (Lipinski definition) is 6. The Balaban J connectivity index is 1.79. The molecule has 0 aliphatic carbocycles. The lowest BCUT2D eigenvalue weighted by Gasteiger charge is -2.32. The maximum absolute atomic E-state index is 14.1. The van der Waals surface area contributed by atoms with Crippen molar-refractivity contribution in [2.45, 2.75) is 11.4 Å². The summed E-state index contributed by atoms with van der Waals surface area (Å²) >= 11 is 5.92. The molecule has 13 heteroatoms. The molecule has 2 aliphatic heterocycles. The number of nitro groups is 1. The Morgan fingerprint density at radius 1 is 1.00 bits per heavy atom. The first-order valence-corrected chi connectivity index (χ1v) is 12.4. The van der Waals surface area contributed by atoms with E-state index in [1.165, 1.54) is 6.07 Å². The standard InChI is InChI=1S/C23H14ClF2N3O6S/c24-14-3-1-13(2-4-14)11-27-20-8-6-16(29(32)33)9-17(20)23(22(27)31)28(21(30)12-36(23,34)35)15-5-7-18(25)19(26)10-15/h1-10H,11-12H2. The van der Waals surface area contributed by atoms with E-state index in [4.69, 9.17) is 11.6 Å². The number of anilines is 2. The predicted molar refractivity (Wildman–Crippen MR) is 125 cm³/mol. The molecule has 36 heavy (non-hydrogen) atoms. The number of halogens is 3. The quantitative estimate of drug-likeness (QED) is 0.373. The van der Waals surface area contributed by atoms with E-state index in [9.17, 15) is 36.9 Å². The lowest BCUT2D eigenvalue weighted by atomic mass is 10.0. The van der Waals surface area contributed by atoms with Crippen LogP contribution in [0.1, 0.15) is 11.1 Å². The molecule has 1 atom stereocenters. The van der Waals surface area contributed by atoms with Gasteiger partial charge in [-0.1, -0.05) is 23.7 Å². The van der Waals surface area contributed by atoms with Crippen molar-refractivity contribution in [2.75, 3.05) is 15.6 Å². The molecule has 0 aromatic heterocycles. The first-order valence-electron chi connectivity index (χ1n) is 10.3. The van der Waals surface area contributed by atoms with E-state index in [0.29, 0.717) is 27.6 Å². The van der Waals surface area contributed by atoms with Gasteiger partial charge in [-0.25, -0.2) is 17.2 Å². The summed E-state index contributed by atoms with van der Waals surface area (Å²) in [7, 11) is -4.67. The lowest BCUT2D eigenvalue weighted by Crippen LogP contribution is -2.54. The molecule has 1 saturated heterocycles. The molecule has 0 saturated carbocycles. The highest BCUT2D eigenvalue weighted by atomic mass is 35.5. The van der Waals surface area contributed by atoms with Crippen molar-refractivity contribution in [1.29, 1.82) is 0 Å². The second-order valence-corrected chi connectivity index (χ2v) is 10.8. The largest absolute Gasteiger partial charge is 0.304 e. The predicted octanol–water partition coefficient (Wildman–Crippen LogP) is 3.69. The molecule has 1 fully saturated rings. The van der Waals surface area contributed by atoms with Crippen LogP contribution in [0.3, 0.4) is 0 Å². The number of fused-ring (bicyclic) bond motifs is 2. The molecule has 0 radical (unpaired) electrons. The van der Waals surface area contributed by atoms with Gasteiger partial charge in [-0.3, -0.25) is 24.6 Å². The Labute approximate surface area is 207 Å². The zero-order chi connectivity index (χ0) is 26.0. The van der Waals surface area contributed by atoms with Gasteiger partial charge in [0.2, 0.25) is 5.91 Å². The van der Waals surface area contributed by atoms with E-state index in [-0.39, 0.29) is 23.5 Å². The highest BCUT2D eigenvalue weighted by Crippen LogP contribution is 2.53. The molecule has 184 valence electrons. The van der Waals surface area contributed by atoms with Crippen molar-refractivity contribution in [1.82, 2.24) is 0 Å². The van der Waals surface area contributed by atoms with Crippen LogP contribution in [0.2, 0.25) is 5.02 Å². The fourth-order valence-corrected chi connectivity index (χ4v) is 6.74. The number of amides is 2. The van der Waals surface area contributed by atoms with Gasteiger partial charge in [0.25, 0.3) is 16.5 Å². The number of hydrogen-bond donors (Lipinski definition) is 0. The summed E-state index contributed by atoms with van der Waals surface area (Å²) in [5.41, 5.74) is -0.666. The minimum absolute atomic E-state index is 0.0198. The van der Waals surface area contributed by atoms with Crippen molar-refractivity contribution in [3.05, 3.63) is 98.6 Å². The first kappa shape index (κ1) is 23.8. The second kappa shape index (κ2) is 8.07. The molecule has 3 aromatic carbocycles. The van der Waals surface area contributed by atoms with Crippen LogP contribution in [-0.4, -0.2) is 30.9 Å². The fourth-order valence-electron chi connectivity index (χ4n) is 4.59. The monoisotopic (exact) mass is 533 g/mol. The van der Waals surface area contributed by atoms with Gasteiger partial charge in [-0.05, 0) is 35.9 Å². The molecular formula is C23H14ClF2N3O6S. The SMILES string of the molecule is O=C1CS(=O)(=O)C2(C(=O)N(Cc3ccc(Cl)cc3)c3ccc([N+](=O)[O-])cc32)N1c1ccc(F)c(F)c1. The third-order valence-electron chi connectivity index (χ3n) is 6.13. The Kier molecular flexibility index (Phi) is 5.34. The number of carbonyl (C=O) groups excluding carboxylic acids is 2. The van der Waals surface area contributed by atoms with Crippen LogP contribution in [-0.2, 0) is 30.8 Å². The summed E-state index contributed by atoms with van der Waals surface area (Å²) in [6.07, 6.45) is 0. The molecule has 5 rings (SSSR count). The van der Waals surface area contributed by atoms with Crippen LogP contribution >= 0.6 is 11.6 Å². The van der Waals surface area contributed by atoms with Gasteiger partial charge in [-0.15, -0.1) is 0 Å². The van der Waals surface area contributed by atoms with Gasteiger partial charge in [-0.2, -0.15) is 0 Å². The number of benzene rings is 3. The summed E-state index contributed by atoms with van der Waals surface area (Å²) in [6.45, 7) is -0.155. The Hall–Kier alpha value is -3.90. The van der Waals surface area contributed by atoms with Gasteiger partial charge in [0.05, 0.1) is 17.2 Å². The number of non-ortho nitro benzene ring substituents is 1. The second-order valence-electron chi connectivity index (χ2n) is 8.21. The van der Waals surface area contributed by atoms with Crippen molar-refractivity contribution in [3.63, 3.8) is 0 Å². The van der Waals surface area contributed by atoms with Crippen LogP contribution in [0.15, 0.2) is 60.7 Å². The topological polar surface area (TPSA) is 118 Å². The van der Waals surface area contributed by atoms with Gasteiger partial charge < -0.3 is 4.90 Å². The van der Waals surface area contributed by atoms with E-state index < -0.39 is 54.5 Å². The number of sulfone groups is 1. The Morgan fingerprint density at radius 2 is 1.69 bits per heavy atom. The minimum Gasteiger partial charge on any atom is -0.304 e. The van der Waals surface area contributed by atoms with Crippen molar-refractivity contribution in [3.8, 4) is 0 Å². The highest BCUT2D eigenvalue weighted by molar-refractivity contribution is 7.94. The molecule has 9 nitrogen and oxygen atoms in total. The van der Waals surface area contributed by atoms with Crippen LogP contribution in [0.4, 0.5) is 25.8 Å². The average molecular weight is 534 g/mol. The average Bonchev–Trinajstić information content (AvgIpc) is 3.19. The van der Waals surface area contributed by atoms with Gasteiger partial charge in [0.15, 0.2) is 21.5 Å². The van der Waals surface area contributed by atoms with Gasteiger partial charge >= 0.3 is 0 Å². The molecule has 2 heterocycles. The summed E-state index contributed by atoms with van der Waals surface area (Å²) in [6, 6.07) is 11.8. The molecule has 3 aromatic rings.